The summed E-state index contributed by atoms with van der Waals surface area (Å²) in [5.74, 6) is 0. The van der Waals surface area contributed by atoms with Crippen LogP contribution in [0.4, 0.5) is 17.1 Å². The monoisotopic (exact) mass is 811 g/mol. The highest BCUT2D eigenvalue weighted by molar-refractivity contribution is 7.27. The number of nitrogens with zero attached hydrogens (tertiary/aromatic N) is 1. The first-order valence-corrected chi connectivity index (χ1v) is 22.4. The molecule has 0 saturated heterocycles. The van der Waals surface area contributed by atoms with Crippen molar-refractivity contribution in [2.45, 2.75) is 0 Å². The van der Waals surface area contributed by atoms with Crippen LogP contribution >= 0.6 is 22.7 Å². The molecule has 0 radical (unpaired) electrons. The van der Waals surface area contributed by atoms with Crippen molar-refractivity contribution in [2.75, 3.05) is 4.90 Å². The van der Waals surface area contributed by atoms with Gasteiger partial charge < -0.3 is 4.90 Å². The predicted octanol–water partition coefficient (Wildman–Crippen LogP) is 17.7. The minimum atomic E-state index is 1.12. The second-order valence-electron chi connectivity index (χ2n) is 15.6. The van der Waals surface area contributed by atoms with Gasteiger partial charge in [-0.25, -0.2) is 0 Å². The number of anilines is 3. The molecule has 12 aromatic rings. The lowest BCUT2D eigenvalue weighted by Gasteiger charge is -2.27. The molecule has 286 valence electrons. The lowest BCUT2D eigenvalue weighted by molar-refractivity contribution is 1.32. The lowest BCUT2D eigenvalue weighted by atomic mass is 9.95. The molecule has 0 aliphatic heterocycles. The zero-order valence-electron chi connectivity index (χ0n) is 33.1. The molecule has 0 N–H and O–H groups in total. The Morgan fingerprint density at radius 1 is 0.262 bits per heavy atom. The van der Waals surface area contributed by atoms with E-state index in [0.29, 0.717) is 0 Å². The second-order valence-corrected chi connectivity index (χ2v) is 17.6. The molecule has 0 aliphatic carbocycles. The average Bonchev–Trinajstić information content (AvgIpc) is 3.92. The van der Waals surface area contributed by atoms with Crippen molar-refractivity contribution in [3.05, 3.63) is 224 Å². The second kappa shape index (κ2) is 14.8. The Hall–Kier alpha value is -7.30. The van der Waals surface area contributed by atoms with Crippen LogP contribution in [0.15, 0.2) is 224 Å². The fraction of sp³-hybridized carbons (Fsp3) is 0. The fourth-order valence-corrected chi connectivity index (χ4v) is 11.9. The molecule has 0 bridgehead atoms. The van der Waals surface area contributed by atoms with E-state index in [9.17, 15) is 0 Å². The highest BCUT2D eigenvalue weighted by Gasteiger charge is 2.23. The zero-order chi connectivity index (χ0) is 40.3. The molecular formula is C58H37NS2. The minimum Gasteiger partial charge on any atom is -0.308 e. The third kappa shape index (κ3) is 6.04. The summed E-state index contributed by atoms with van der Waals surface area (Å²) in [4.78, 5) is 2.51. The normalized spacial score (nSPS) is 11.6. The molecule has 0 fully saturated rings. The maximum absolute atomic E-state index is 2.51. The maximum atomic E-state index is 2.51. The topological polar surface area (TPSA) is 3.24 Å². The van der Waals surface area contributed by atoms with Gasteiger partial charge in [0, 0.05) is 36.6 Å². The van der Waals surface area contributed by atoms with Crippen LogP contribution in [0.3, 0.4) is 0 Å². The molecule has 10 aromatic carbocycles. The Kier molecular flexibility index (Phi) is 8.62. The highest BCUT2D eigenvalue weighted by Crippen LogP contribution is 2.51. The molecule has 61 heavy (non-hydrogen) atoms. The average molecular weight is 812 g/mol. The summed E-state index contributed by atoms with van der Waals surface area (Å²) >= 11 is 3.80. The standard InChI is InChI=1S/C58H37NS2/c1-4-15-38(16-5-1)42-33-36-46-43(37-42)21-10-22-45(46)41-31-34-44(35-32-41)59(53-29-13-27-51-49-25-11-23-47(55(49)60-57(51)53)39-17-6-2-7-18-39)54-30-14-28-52-50-26-12-24-48(56(50)61-58(52)54)40-19-8-3-9-20-40/h1-37H. The summed E-state index contributed by atoms with van der Waals surface area (Å²) in [6, 6.07) is 82.2. The van der Waals surface area contributed by atoms with Crippen molar-refractivity contribution in [3.63, 3.8) is 0 Å². The van der Waals surface area contributed by atoms with Crippen LogP contribution in [-0.2, 0) is 0 Å². The van der Waals surface area contributed by atoms with Gasteiger partial charge in [-0.15, -0.1) is 22.7 Å². The Bertz CT molecular complexity index is 3410. The van der Waals surface area contributed by atoms with Gasteiger partial charge in [0.05, 0.1) is 20.8 Å². The van der Waals surface area contributed by atoms with Crippen LogP contribution < -0.4 is 4.90 Å². The van der Waals surface area contributed by atoms with E-state index in [1.807, 2.05) is 22.7 Å². The first-order chi connectivity index (χ1) is 30.3. The third-order valence-corrected chi connectivity index (χ3v) is 14.6. The summed E-state index contributed by atoms with van der Waals surface area (Å²) in [5, 5.41) is 7.62. The van der Waals surface area contributed by atoms with E-state index in [1.165, 1.54) is 107 Å². The van der Waals surface area contributed by atoms with E-state index in [2.05, 4.69) is 229 Å². The first kappa shape index (κ1) is 35.6. The largest absolute Gasteiger partial charge is 0.308 e. The van der Waals surface area contributed by atoms with Gasteiger partial charge in [-0.2, -0.15) is 0 Å². The fourth-order valence-electron chi connectivity index (χ4n) is 9.20. The number of fused-ring (bicyclic) bond motifs is 7. The van der Waals surface area contributed by atoms with Gasteiger partial charge in [0.25, 0.3) is 0 Å². The summed E-state index contributed by atoms with van der Waals surface area (Å²) in [6.07, 6.45) is 0. The number of benzene rings is 10. The molecule has 0 saturated carbocycles. The molecular weight excluding hydrogens is 775 g/mol. The van der Waals surface area contributed by atoms with Gasteiger partial charge in [0.1, 0.15) is 0 Å². The van der Waals surface area contributed by atoms with Crippen LogP contribution in [0.25, 0.3) is 95.6 Å². The van der Waals surface area contributed by atoms with E-state index in [-0.39, 0.29) is 0 Å². The molecule has 3 heteroatoms. The van der Waals surface area contributed by atoms with Crippen LogP contribution in [0, 0.1) is 0 Å². The summed E-state index contributed by atoms with van der Waals surface area (Å²) < 4.78 is 5.17. The van der Waals surface area contributed by atoms with Crippen LogP contribution in [0.2, 0.25) is 0 Å². The van der Waals surface area contributed by atoms with Crippen molar-refractivity contribution < 1.29 is 0 Å². The molecule has 0 aliphatic rings. The quantitative estimate of drug-likeness (QED) is 0.155. The molecule has 0 atom stereocenters. The lowest BCUT2D eigenvalue weighted by Crippen LogP contribution is -2.10. The van der Waals surface area contributed by atoms with Crippen molar-refractivity contribution in [2.24, 2.45) is 0 Å². The van der Waals surface area contributed by atoms with E-state index >= 15 is 0 Å². The Morgan fingerprint density at radius 3 is 1.23 bits per heavy atom. The molecule has 2 aromatic heterocycles. The van der Waals surface area contributed by atoms with Gasteiger partial charge in [-0.1, -0.05) is 194 Å². The van der Waals surface area contributed by atoms with Gasteiger partial charge in [0.15, 0.2) is 0 Å². The summed E-state index contributed by atoms with van der Waals surface area (Å²) in [6.45, 7) is 0. The highest BCUT2D eigenvalue weighted by atomic mass is 32.1. The minimum absolute atomic E-state index is 1.12. The smallest absolute Gasteiger partial charge is 0.0640 e. The number of hydrogen-bond donors (Lipinski definition) is 0. The number of rotatable bonds is 7. The van der Waals surface area contributed by atoms with Crippen LogP contribution in [0.5, 0.6) is 0 Å². The van der Waals surface area contributed by atoms with Crippen LogP contribution in [0.1, 0.15) is 0 Å². The molecule has 1 nitrogen and oxygen atoms in total. The SMILES string of the molecule is c1ccc(-c2ccc3c(-c4ccc(N(c5cccc6c5sc5c(-c7ccccc7)cccc56)c5cccc6c5sc5c(-c7ccccc7)cccc56)cc4)cccc3c2)cc1. The number of thiophene rings is 2. The first-order valence-electron chi connectivity index (χ1n) is 20.7. The van der Waals surface area contributed by atoms with E-state index < -0.39 is 0 Å². The molecule has 0 spiro atoms. The summed E-state index contributed by atoms with van der Waals surface area (Å²) in [7, 11) is 0. The van der Waals surface area contributed by atoms with Gasteiger partial charge in [0.2, 0.25) is 0 Å². The molecule has 0 unspecified atom stereocenters. The molecule has 12 rings (SSSR count). The Morgan fingerprint density at radius 2 is 0.689 bits per heavy atom. The van der Waals surface area contributed by atoms with E-state index in [4.69, 9.17) is 0 Å². The van der Waals surface area contributed by atoms with Crippen molar-refractivity contribution in [1.29, 1.82) is 0 Å². The van der Waals surface area contributed by atoms with E-state index in [1.54, 1.807) is 0 Å². The number of hydrogen-bond acceptors (Lipinski definition) is 3. The Balaban J connectivity index is 1.06. The Labute approximate surface area is 362 Å². The molecule has 2 heterocycles. The van der Waals surface area contributed by atoms with Gasteiger partial charge >= 0.3 is 0 Å². The van der Waals surface area contributed by atoms with Crippen molar-refractivity contribution in [3.8, 4) is 44.5 Å². The summed E-state index contributed by atoms with van der Waals surface area (Å²) in [5.41, 5.74) is 13.4. The zero-order valence-corrected chi connectivity index (χ0v) is 34.8. The van der Waals surface area contributed by atoms with Gasteiger partial charge in [-0.3, -0.25) is 0 Å². The van der Waals surface area contributed by atoms with Crippen molar-refractivity contribution in [1.82, 2.24) is 0 Å². The maximum Gasteiger partial charge on any atom is 0.0640 e. The van der Waals surface area contributed by atoms with Crippen LogP contribution in [-0.4, -0.2) is 0 Å². The van der Waals surface area contributed by atoms with E-state index in [0.717, 1.165) is 5.69 Å². The predicted molar refractivity (Wildman–Crippen MR) is 266 cm³/mol. The van der Waals surface area contributed by atoms with Gasteiger partial charge in [-0.05, 0) is 85.6 Å². The molecule has 0 amide bonds. The third-order valence-electron chi connectivity index (χ3n) is 12.1. The van der Waals surface area contributed by atoms with Crippen molar-refractivity contribution >= 4 is 90.9 Å².